The Morgan fingerprint density at radius 2 is 0.581 bits per heavy atom. The fourth-order valence-electron chi connectivity index (χ4n) is 13.6. The minimum Gasteiger partial charge on any atom is -0.0610 e. The van der Waals surface area contributed by atoms with E-state index in [2.05, 4.69) is 178 Å². The van der Waals surface area contributed by atoms with Crippen LogP contribution in [-0.2, 0) is 10.8 Å². The average molecular weight is 793 g/mol. The number of fused-ring (bicyclic) bond motifs is 11. The molecule has 0 unspecified atom stereocenters. The van der Waals surface area contributed by atoms with Gasteiger partial charge in [0, 0.05) is 0 Å². The van der Waals surface area contributed by atoms with Crippen molar-refractivity contribution in [3.05, 3.63) is 143 Å². The van der Waals surface area contributed by atoms with Gasteiger partial charge < -0.3 is 0 Å². The molecular formula is C62H48. The van der Waals surface area contributed by atoms with Gasteiger partial charge in [-0.25, -0.2) is 0 Å². The zero-order valence-electron chi connectivity index (χ0n) is 37.4. The van der Waals surface area contributed by atoms with Crippen LogP contribution in [-0.4, -0.2) is 0 Å². The monoisotopic (exact) mass is 792 g/mol. The van der Waals surface area contributed by atoms with Crippen molar-refractivity contribution in [2.45, 2.75) is 80.1 Å². The number of benzene rings is 12. The quantitative estimate of drug-likeness (QED) is 0.106. The first-order valence-corrected chi connectivity index (χ1v) is 22.7. The van der Waals surface area contributed by atoms with E-state index in [-0.39, 0.29) is 10.8 Å². The molecule has 0 saturated heterocycles. The second kappa shape index (κ2) is 10.9. The molecule has 0 heteroatoms. The van der Waals surface area contributed by atoms with Crippen molar-refractivity contribution >= 4 is 140 Å². The number of hydrogen-bond donors (Lipinski definition) is 0. The zero-order chi connectivity index (χ0) is 42.2. The average Bonchev–Trinajstić information content (AvgIpc) is 3.73. The van der Waals surface area contributed by atoms with Gasteiger partial charge in [-0.3, -0.25) is 0 Å². The molecule has 0 aliphatic carbocycles. The van der Waals surface area contributed by atoms with Crippen molar-refractivity contribution in [3.63, 3.8) is 0 Å². The van der Waals surface area contributed by atoms with Crippen LogP contribution in [0.3, 0.4) is 0 Å². The van der Waals surface area contributed by atoms with Gasteiger partial charge in [0.15, 0.2) is 0 Å². The lowest BCUT2D eigenvalue weighted by atomic mass is 9.74. The Morgan fingerprint density at radius 1 is 0.242 bits per heavy atom. The maximum absolute atomic E-state index is 2.65. The molecule has 62 heavy (non-hydrogen) atoms. The molecule has 0 atom stereocenters. The number of aryl methyl sites for hydroxylation is 4. The van der Waals surface area contributed by atoms with Crippen molar-refractivity contribution in [3.8, 4) is 0 Å². The highest BCUT2D eigenvalue weighted by molar-refractivity contribution is 6.46. The molecule has 0 heterocycles. The highest BCUT2D eigenvalue weighted by Crippen LogP contribution is 2.57. The van der Waals surface area contributed by atoms with Gasteiger partial charge in [0.25, 0.3) is 0 Å². The van der Waals surface area contributed by atoms with Crippen molar-refractivity contribution < 1.29 is 0 Å². The third-order valence-corrected chi connectivity index (χ3v) is 15.6. The van der Waals surface area contributed by atoms with E-state index in [0.717, 1.165) is 0 Å². The van der Waals surface area contributed by atoms with Crippen LogP contribution in [0.25, 0.3) is 140 Å². The van der Waals surface area contributed by atoms with E-state index in [1.165, 1.54) is 173 Å². The number of hydrogen-bond acceptors (Lipinski definition) is 0. The highest BCUT2D eigenvalue weighted by Gasteiger charge is 2.34. The van der Waals surface area contributed by atoms with Gasteiger partial charge in [0.05, 0.1) is 0 Å². The topological polar surface area (TPSA) is 0 Å². The Hall–Kier alpha value is -6.50. The van der Waals surface area contributed by atoms with Gasteiger partial charge in [0.2, 0.25) is 0 Å². The predicted molar refractivity (Wildman–Crippen MR) is 275 cm³/mol. The van der Waals surface area contributed by atoms with Gasteiger partial charge in [0.1, 0.15) is 0 Å². The third kappa shape index (κ3) is 3.94. The first-order chi connectivity index (χ1) is 29.7. The molecule has 0 amide bonds. The first kappa shape index (κ1) is 35.1. The summed E-state index contributed by atoms with van der Waals surface area (Å²) >= 11 is 0. The highest BCUT2D eigenvalue weighted by atomic mass is 14.4. The van der Waals surface area contributed by atoms with Crippen LogP contribution < -0.4 is 0 Å². The standard InChI is InChI=1S/C62H48/c1-29-24-42-39-27-44-45(28-43(39)49-30(2)23-40-35-19-11-15-33-17-13-21-37(51(33)35)47(29)53(40)55(42)49)59(61(5,6)7)57-46-26-31(3)48-38-22-14-18-34-16-12-20-36(52(34)38)41-25-32(4)50(56(46)54(41)48)58(57)60(44)62(8,9)10/h11-28H,1-10H3. The Morgan fingerprint density at radius 3 is 1.05 bits per heavy atom. The Labute approximate surface area is 361 Å². The summed E-state index contributed by atoms with van der Waals surface area (Å²) < 4.78 is 0. The van der Waals surface area contributed by atoms with Crippen molar-refractivity contribution in [2.24, 2.45) is 0 Å². The second-order valence-electron chi connectivity index (χ2n) is 21.3. The lowest BCUT2D eigenvalue weighted by Crippen LogP contribution is -2.17. The van der Waals surface area contributed by atoms with Gasteiger partial charge in [-0.2, -0.15) is 0 Å². The fraction of sp³-hybridized carbons (Fsp3) is 0.194. The van der Waals surface area contributed by atoms with E-state index in [0.29, 0.717) is 0 Å². The van der Waals surface area contributed by atoms with E-state index in [1.54, 1.807) is 0 Å². The molecule has 296 valence electrons. The van der Waals surface area contributed by atoms with E-state index in [4.69, 9.17) is 0 Å². The first-order valence-electron chi connectivity index (χ1n) is 22.7. The molecule has 0 aliphatic heterocycles. The van der Waals surface area contributed by atoms with Gasteiger partial charge in [-0.15, -0.1) is 0 Å². The molecular weight excluding hydrogens is 745 g/mol. The largest absolute Gasteiger partial charge is 0.0610 e. The fourth-order valence-corrected chi connectivity index (χ4v) is 13.6. The molecule has 0 aromatic heterocycles. The lowest BCUT2D eigenvalue weighted by Gasteiger charge is -2.30. The molecule has 0 bridgehead atoms. The molecule has 0 nitrogen and oxygen atoms in total. The summed E-state index contributed by atoms with van der Waals surface area (Å²) in [7, 11) is 0. The van der Waals surface area contributed by atoms with E-state index in [9.17, 15) is 0 Å². The maximum atomic E-state index is 2.65. The maximum Gasteiger partial charge on any atom is -0.00108 e. The lowest BCUT2D eigenvalue weighted by molar-refractivity contribution is 0.594. The molecule has 0 aliphatic rings. The molecule has 14 rings (SSSR count). The van der Waals surface area contributed by atoms with E-state index < -0.39 is 0 Å². The smallest absolute Gasteiger partial charge is 0.00108 e. The molecule has 0 N–H and O–H groups in total. The van der Waals surface area contributed by atoms with Crippen molar-refractivity contribution in [1.82, 2.24) is 0 Å². The van der Waals surface area contributed by atoms with Crippen LogP contribution in [0.2, 0.25) is 0 Å². The van der Waals surface area contributed by atoms with Gasteiger partial charge in [-0.1, -0.05) is 139 Å². The molecule has 0 radical (unpaired) electrons. The Balaban J connectivity index is 1.26. The van der Waals surface area contributed by atoms with E-state index in [1.807, 2.05) is 0 Å². The zero-order valence-corrected chi connectivity index (χ0v) is 37.4. The summed E-state index contributed by atoms with van der Waals surface area (Å²) in [5.41, 5.74) is 8.14. The van der Waals surface area contributed by atoms with Crippen molar-refractivity contribution in [1.29, 1.82) is 0 Å². The molecule has 14 aromatic rings. The number of rotatable bonds is 0. The molecule has 0 spiro atoms. The van der Waals surface area contributed by atoms with Crippen LogP contribution >= 0.6 is 0 Å². The summed E-state index contributed by atoms with van der Waals surface area (Å²) in [6.45, 7) is 24.2. The van der Waals surface area contributed by atoms with Crippen LogP contribution in [0, 0.1) is 27.7 Å². The SMILES string of the molecule is Cc1cc2c3cccc4cccc(c5c(C)cc6c7cc8c(C(C)(C)C)c9c(c(C(C)(C)C)c8cc7c1c6c25)c1cc(C)c2c5cccc6cccc(c7cc(C)c9c1c72)c65)c43. The summed E-state index contributed by atoms with van der Waals surface area (Å²) in [6.07, 6.45) is 0. The van der Waals surface area contributed by atoms with E-state index >= 15 is 0 Å². The third-order valence-electron chi connectivity index (χ3n) is 15.6. The molecule has 14 aromatic carbocycles. The van der Waals surface area contributed by atoms with Crippen LogP contribution in [0.5, 0.6) is 0 Å². The Bertz CT molecular complexity index is 4340. The van der Waals surface area contributed by atoms with Gasteiger partial charge in [-0.05, 0) is 224 Å². The predicted octanol–water partition coefficient (Wildman–Crippen LogP) is 18.3. The molecule has 0 fully saturated rings. The minimum absolute atomic E-state index is 0.132. The van der Waals surface area contributed by atoms with Crippen molar-refractivity contribution in [2.75, 3.05) is 0 Å². The molecule has 0 saturated carbocycles. The second-order valence-corrected chi connectivity index (χ2v) is 21.3. The minimum atomic E-state index is -0.132. The summed E-state index contributed by atoms with van der Waals surface area (Å²) in [5.74, 6) is 0. The normalized spacial score (nSPS) is 13.6. The summed E-state index contributed by atoms with van der Waals surface area (Å²) in [6, 6.07) is 43.0. The summed E-state index contributed by atoms with van der Waals surface area (Å²) in [5, 5.41) is 36.4. The summed E-state index contributed by atoms with van der Waals surface area (Å²) in [4.78, 5) is 0. The van der Waals surface area contributed by atoms with Gasteiger partial charge >= 0.3 is 0 Å². The van der Waals surface area contributed by atoms with Crippen LogP contribution in [0.4, 0.5) is 0 Å². The van der Waals surface area contributed by atoms with Crippen LogP contribution in [0.15, 0.2) is 109 Å². The van der Waals surface area contributed by atoms with Crippen LogP contribution in [0.1, 0.15) is 74.9 Å². The Kier molecular flexibility index (Phi) is 6.19.